The van der Waals surface area contributed by atoms with Crippen LogP contribution in [0.15, 0.2) is 18.5 Å². The lowest BCUT2D eigenvalue weighted by atomic mass is 9.88. The molecule has 1 aliphatic carbocycles. The van der Waals surface area contributed by atoms with Gasteiger partial charge in [0.15, 0.2) is 0 Å². The van der Waals surface area contributed by atoms with Crippen molar-refractivity contribution in [1.29, 1.82) is 0 Å². The van der Waals surface area contributed by atoms with Gasteiger partial charge in [-0.3, -0.25) is 10.1 Å². The second-order valence-electron chi connectivity index (χ2n) is 6.64. The average Bonchev–Trinajstić information content (AvgIpc) is 2.57. The highest BCUT2D eigenvalue weighted by Crippen LogP contribution is 2.26. The van der Waals surface area contributed by atoms with Crippen LogP contribution in [0.3, 0.4) is 0 Å². The van der Waals surface area contributed by atoms with E-state index in [0.717, 1.165) is 31.8 Å². The van der Waals surface area contributed by atoms with Gasteiger partial charge in [-0.2, -0.15) is 0 Å². The molecular weight excluding hydrogens is 276 g/mol. The van der Waals surface area contributed by atoms with Crippen LogP contribution in [0.25, 0.3) is 0 Å². The average molecular weight is 302 g/mol. The summed E-state index contributed by atoms with van der Waals surface area (Å²) in [4.78, 5) is 22.9. The van der Waals surface area contributed by atoms with Gasteiger partial charge < -0.3 is 4.90 Å². The molecule has 1 aromatic heterocycles. The van der Waals surface area contributed by atoms with Crippen molar-refractivity contribution in [2.75, 3.05) is 25.0 Å². The number of hydrogen-bond donors (Lipinski definition) is 1. The molecule has 1 aliphatic heterocycles. The fourth-order valence-electron chi connectivity index (χ4n) is 3.69. The van der Waals surface area contributed by atoms with E-state index in [4.69, 9.17) is 0 Å². The smallest absolute Gasteiger partial charge is 0.229 e. The highest BCUT2D eigenvalue weighted by atomic mass is 16.2. The Morgan fingerprint density at radius 1 is 1.09 bits per heavy atom. The van der Waals surface area contributed by atoms with Crippen molar-refractivity contribution in [3.63, 3.8) is 0 Å². The van der Waals surface area contributed by atoms with E-state index in [1.54, 1.807) is 18.5 Å². The first-order chi connectivity index (χ1) is 10.8. The van der Waals surface area contributed by atoms with Crippen molar-refractivity contribution >= 4 is 11.9 Å². The Hall–Kier alpha value is -1.49. The van der Waals surface area contributed by atoms with Gasteiger partial charge in [0.1, 0.15) is 0 Å². The van der Waals surface area contributed by atoms with Crippen LogP contribution in [0.1, 0.15) is 44.9 Å². The Kier molecular flexibility index (Phi) is 5.38. The molecular formula is C17H26N4O. The van der Waals surface area contributed by atoms with E-state index in [2.05, 4.69) is 20.2 Å². The summed E-state index contributed by atoms with van der Waals surface area (Å²) in [5.41, 5.74) is 0. The van der Waals surface area contributed by atoms with Crippen LogP contribution in [0.4, 0.5) is 5.95 Å². The zero-order valence-electron chi connectivity index (χ0n) is 13.2. The number of anilines is 1. The molecule has 5 heteroatoms. The van der Waals surface area contributed by atoms with Crippen molar-refractivity contribution in [1.82, 2.24) is 14.9 Å². The molecule has 2 aliphatic rings. The number of aromatic nitrogens is 2. The third-order valence-corrected chi connectivity index (χ3v) is 5.00. The molecule has 0 atom stereocenters. The summed E-state index contributed by atoms with van der Waals surface area (Å²) in [5.74, 6) is 1.48. The van der Waals surface area contributed by atoms with Gasteiger partial charge in [0.2, 0.25) is 11.9 Å². The fourth-order valence-corrected chi connectivity index (χ4v) is 3.69. The van der Waals surface area contributed by atoms with Crippen molar-refractivity contribution in [3.8, 4) is 0 Å². The van der Waals surface area contributed by atoms with Gasteiger partial charge in [-0.25, -0.2) is 9.97 Å². The SMILES string of the molecule is O=C(Nc1ncccn1)C1CCN(CC2CCCCC2)CC1. The van der Waals surface area contributed by atoms with E-state index in [9.17, 15) is 4.79 Å². The molecule has 2 fully saturated rings. The van der Waals surface area contributed by atoms with Crippen molar-refractivity contribution in [2.24, 2.45) is 11.8 Å². The molecule has 120 valence electrons. The topological polar surface area (TPSA) is 58.1 Å². The number of piperidine rings is 1. The summed E-state index contributed by atoms with van der Waals surface area (Å²) in [6, 6.07) is 1.75. The number of amides is 1. The molecule has 0 unspecified atom stereocenters. The molecule has 1 saturated carbocycles. The Labute approximate surface area is 132 Å². The van der Waals surface area contributed by atoms with Crippen molar-refractivity contribution < 1.29 is 4.79 Å². The maximum absolute atomic E-state index is 12.3. The molecule has 1 N–H and O–H groups in total. The Morgan fingerprint density at radius 3 is 2.45 bits per heavy atom. The molecule has 1 aromatic rings. The van der Waals surface area contributed by atoms with E-state index in [0.29, 0.717) is 5.95 Å². The Bertz CT molecular complexity index is 465. The molecule has 1 amide bonds. The second kappa shape index (κ2) is 7.68. The molecule has 1 saturated heterocycles. The number of carbonyl (C=O) groups is 1. The van der Waals surface area contributed by atoms with Gasteiger partial charge in [0, 0.05) is 24.9 Å². The summed E-state index contributed by atoms with van der Waals surface area (Å²) in [6.07, 6.45) is 12.2. The van der Waals surface area contributed by atoms with Gasteiger partial charge in [0.25, 0.3) is 0 Å². The van der Waals surface area contributed by atoms with E-state index in [1.807, 2.05) is 0 Å². The number of nitrogens with one attached hydrogen (secondary N) is 1. The zero-order chi connectivity index (χ0) is 15.2. The van der Waals surface area contributed by atoms with Crippen LogP contribution in [0.2, 0.25) is 0 Å². The Balaban J connectivity index is 1.42. The van der Waals surface area contributed by atoms with Gasteiger partial charge >= 0.3 is 0 Å². The lowest BCUT2D eigenvalue weighted by Gasteiger charge is -2.34. The fraction of sp³-hybridized carbons (Fsp3) is 0.706. The first-order valence-electron chi connectivity index (χ1n) is 8.61. The molecule has 0 aromatic carbocycles. The largest absolute Gasteiger partial charge is 0.303 e. The quantitative estimate of drug-likeness (QED) is 0.929. The maximum Gasteiger partial charge on any atom is 0.229 e. The normalized spacial score (nSPS) is 21.6. The summed E-state index contributed by atoms with van der Waals surface area (Å²) in [6.45, 7) is 3.32. The molecule has 0 bridgehead atoms. The van der Waals surface area contributed by atoms with Gasteiger partial charge in [-0.15, -0.1) is 0 Å². The van der Waals surface area contributed by atoms with Crippen molar-refractivity contribution in [2.45, 2.75) is 44.9 Å². The van der Waals surface area contributed by atoms with Gasteiger partial charge in [0.05, 0.1) is 0 Å². The van der Waals surface area contributed by atoms with E-state index in [-0.39, 0.29) is 11.8 Å². The number of hydrogen-bond acceptors (Lipinski definition) is 4. The first kappa shape index (κ1) is 15.4. The highest BCUT2D eigenvalue weighted by Gasteiger charge is 2.27. The minimum Gasteiger partial charge on any atom is -0.303 e. The third kappa shape index (κ3) is 4.26. The van der Waals surface area contributed by atoms with Crippen LogP contribution in [0.5, 0.6) is 0 Å². The van der Waals surface area contributed by atoms with Gasteiger partial charge in [-0.1, -0.05) is 19.3 Å². The van der Waals surface area contributed by atoms with E-state index >= 15 is 0 Å². The molecule has 22 heavy (non-hydrogen) atoms. The maximum atomic E-state index is 12.3. The molecule has 2 heterocycles. The lowest BCUT2D eigenvalue weighted by Crippen LogP contribution is -2.40. The predicted molar refractivity (Wildman–Crippen MR) is 86.4 cm³/mol. The zero-order valence-corrected chi connectivity index (χ0v) is 13.2. The Morgan fingerprint density at radius 2 is 1.77 bits per heavy atom. The lowest BCUT2D eigenvalue weighted by molar-refractivity contribution is -0.121. The van der Waals surface area contributed by atoms with E-state index < -0.39 is 0 Å². The summed E-state index contributed by atoms with van der Waals surface area (Å²) >= 11 is 0. The predicted octanol–water partition coefficient (Wildman–Crippen LogP) is 2.71. The standard InChI is InChI=1S/C17H26N4O/c22-16(20-17-18-9-4-10-19-17)15-7-11-21(12-8-15)13-14-5-2-1-3-6-14/h4,9-10,14-15H,1-3,5-8,11-13H2,(H,18,19,20,22). The number of carbonyl (C=O) groups excluding carboxylic acids is 1. The van der Waals surface area contributed by atoms with Crippen LogP contribution in [-0.2, 0) is 4.79 Å². The molecule has 3 rings (SSSR count). The van der Waals surface area contributed by atoms with Gasteiger partial charge in [-0.05, 0) is 50.8 Å². The third-order valence-electron chi connectivity index (χ3n) is 5.00. The highest BCUT2D eigenvalue weighted by molar-refractivity contribution is 5.90. The number of rotatable bonds is 4. The molecule has 0 spiro atoms. The molecule has 5 nitrogen and oxygen atoms in total. The first-order valence-corrected chi connectivity index (χ1v) is 8.61. The summed E-state index contributed by atoms with van der Waals surface area (Å²) in [5, 5.41) is 2.83. The van der Waals surface area contributed by atoms with Crippen LogP contribution in [-0.4, -0.2) is 40.4 Å². The van der Waals surface area contributed by atoms with Crippen LogP contribution < -0.4 is 5.32 Å². The summed E-state index contributed by atoms with van der Waals surface area (Å²) < 4.78 is 0. The molecule has 0 radical (unpaired) electrons. The monoisotopic (exact) mass is 302 g/mol. The van der Waals surface area contributed by atoms with E-state index in [1.165, 1.54) is 38.6 Å². The minimum atomic E-state index is 0.0727. The second-order valence-corrected chi connectivity index (χ2v) is 6.64. The summed E-state index contributed by atoms with van der Waals surface area (Å²) in [7, 11) is 0. The minimum absolute atomic E-state index is 0.0727. The number of nitrogens with zero attached hydrogens (tertiary/aromatic N) is 3. The van der Waals surface area contributed by atoms with Crippen LogP contribution >= 0.6 is 0 Å². The number of likely N-dealkylation sites (tertiary alicyclic amines) is 1. The van der Waals surface area contributed by atoms with Crippen LogP contribution in [0, 0.1) is 11.8 Å². The van der Waals surface area contributed by atoms with Crippen molar-refractivity contribution in [3.05, 3.63) is 18.5 Å².